The maximum Gasteiger partial charge on any atom is 0.498 e. The van der Waals surface area contributed by atoms with Crippen LogP contribution in [0.25, 0.3) is 0 Å². The highest BCUT2D eigenvalue weighted by molar-refractivity contribution is 6.45. The van der Waals surface area contributed by atoms with E-state index in [9.17, 15) is 0 Å². The van der Waals surface area contributed by atoms with Crippen LogP contribution in [0.3, 0.4) is 0 Å². The highest BCUT2D eigenvalue weighted by Crippen LogP contribution is 2.65. The van der Waals surface area contributed by atoms with Crippen molar-refractivity contribution in [3.8, 4) is 11.5 Å². The Morgan fingerprint density at radius 1 is 1.13 bits per heavy atom. The Bertz CT molecular complexity index is 587. The minimum absolute atomic E-state index is 0.161. The normalized spacial score (nSPS) is 37.0. The first kappa shape index (κ1) is 15.3. The molecule has 0 spiro atoms. The summed E-state index contributed by atoms with van der Waals surface area (Å²) in [4.78, 5) is 0. The second-order valence-electron chi connectivity index (χ2n) is 7.88. The molecule has 124 valence electrons. The van der Waals surface area contributed by atoms with Crippen LogP contribution in [0.15, 0.2) is 24.3 Å². The van der Waals surface area contributed by atoms with Gasteiger partial charge in [-0.05, 0) is 61.3 Å². The van der Waals surface area contributed by atoms with E-state index in [2.05, 4.69) is 20.8 Å². The number of rotatable bonds is 4. The summed E-state index contributed by atoms with van der Waals surface area (Å²) in [6, 6.07) is 7.60. The lowest BCUT2D eigenvalue weighted by Crippen LogP contribution is -2.65. The van der Waals surface area contributed by atoms with Crippen LogP contribution >= 0.6 is 0 Å². The third kappa shape index (κ3) is 2.28. The first-order chi connectivity index (χ1) is 10.9. The van der Waals surface area contributed by atoms with Gasteiger partial charge in [-0.3, -0.25) is 0 Å². The number of hydrogen-bond acceptors (Lipinski definition) is 4. The van der Waals surface area contributed by atoms with Gasteiger partial charge in [-0.15, -0.1) is 0 Å². The predicted octanol–water partition coefficient (Wildman–Crippen LogP) is 3.34. The fraction of sp³-hybridized carbons (Fsp3) is 0.667. The molecule has 1 aromatic rings. The van der Waals surface area contributed by atoms with Gasteiger partial charge >= 0.3 is 7.12 Å². The summed E-state index contributed by atoms with van der Waals surface area (Å²) >= 11 is 0. The Hall–Kier alpha value is -1.20. The molecule has 1 heterocycles. The summed E-state index contributed by atoms with van der Waals surface area (Å²) in [5.41, 5.74) is 0.215. The number of methoxy groups -OCH3 is 1. The maximum atomic E-state index is 6.33. The lowest BCUT2D eigenvalue weighted by atomic mass is 9.43. The molecule has 5 rings (SSSR count). The molecule has 4 atom stereocenters. The van der Waals surface area contributed by atoms with Gasteiger partial charge in [0.1, 0.15) is 18.0 Å². The van der Waals surface area contributed by atoms with E-state index in [1.54, 1.807) is 7.11 Å². The van der Waals surface area contributed by atoms with Crippen molar-refractivity contribution in [2.24, 2.45) is 17.3 Å². The van der Waals surface area contributed by atoms with E-state index in [1.165, 1.54) is 6.42 Å². The smallest absolute Gasteiger partial charge is 0.497 e. The molecule has 1 aromatic carbocycles. The minimum atomic E-state index is -0.276. The summed E-state index contributed by atoms with van der Waals surface area (Å²) in [5.74, 6) is 2.99. The minimum Gasteiger partial charge on any atom is -0.497 e. The summed E-state index contributed by atoms with van der Waals surface area (Å²) in [7, 11) is 1.38. The van der Waals surface area contributed by atoms with Crippen LogP contribution in [0.5, 0.6) is 11.5 Å². The Morgan fingerprint density at radius 3 is 2.48 bits per heavy atom. The van der Waals surface area contributed by atoms with E-state index in [0.29, 0.717) is 17.8 Å². The van der Waals surface area contributed by atoms with Crippen molar-refractivity contribution in [1.82, 2.24) is 0 Å². The average Bonchev–Trinajstić information content (AvgIpc) is 2.89. The molecule has 2 bridgehead atoms. The van der Waals surface area contributed by atoms with Crippen molar-refractivity contribution in [3.05, 3.63) is 24.3 Å². The zero-order valence-corrected chi connectivity index (χ0v) is 14.4. The molecule has 4 nitrogen and oxygen atoms in total. The third-order valence-electron chi connectivity index (χ3n) is 6.45. The lowest BCUT2D eigenvalue weighted by molar-refractivity contribution is -0.199. The molecule has 3 saturated carbocycles. The predicted molar refractivity (Wildman–Crippen MR) is 88.6 cm³/mol. The molecule has 1 aliphatic heterocycles. The van der Waals surface area contributed by atoms with E-state index in [1.807, 2.05) is 24.3 Å². The molecule has 0 amide bonds. The molecule has 4 aliphatic rings. The molecule has 3 aliphatic carbocycles. The summed E-state index contributed by atoms with van der Waals surface area (Å²) in [6.07, 6.45) is 2.60. The molecule has 23 heavy (non-hydrogen) atoms. The van der Waals surface area contributed by atoms with Crippen molar-refractivity contribution in [1.29, 1.82) is 0 Å². The zero-order valence-electron chi connectivity index (χ0n) is 14.4. The van der Waals surface area contributed by atoms with Crippen molar-refractivity contribution in [2.75, 3.05) is 13.6 Å². The van der Waals surface area contributed by atoms with Gasteiger partial charge in [0.2, 0.25) is 0 Å². The maximum absolute atomic E-state index is 6.33. The second-order valence-corrected chi connectivity index (χ2v) is 7.88. The van der Waals surface area contributed by atoms with E-state index >= 15 is 0 Å². The van der Waals surface area contributed by atoms with E-state index < -0.39 is 0 Å². The van der Waals surface area contributed by atoms with Gasteiger partial charge in [0.15, 0.2) is 0 Å². The molecule has 4 fully saturated rings. The van der Waals surface area contributed by atoms with Crippen molar-refractivity contribution in [3.63, 3.8) is 0 Å². The zero-order chi connectivity index (χ0) is 16.2. The quantitative estimate of drug-likeness (QED) is 0.798. The Labute approximate surface area is 138 Å². The monoisotopic (exact) mass is 316 g/mol. The van der Waals surface area contributed by atoms with Crippen molar-refractivity contribution < 1.29 is 18.8 Å². The third-order valence-corrected chi connectivity index (χ3v) is 6.45. The topological polar surface area (TPSA) is 36.9 Å². The van der Waals surface area contributed by atoms with Crippen LogP contribution in [0.4, 0.5) is 0 Å². The van der Waals surface area contributed by atoms with Gasteiger partial charge < -0.3 is 18.8 Å². The van der Waals surface area contributed by atoms with Crippen LogP contribution in [-0.4, -0.2) is 32.4 Å². The van der Waals surface area contributed by atoms with Crippen LogP contribution < -0.4 is 9.47 Å². The van der Waals surface area contributed by atoms with Gasteiger partial charge in [-0.25, -0.2) is 0 Å². The fourth-order valence-electron chi connectivity index (χ4n) is 4.86. The molecule has 5 heteroatoms. The van der Waals surface area contributed by atoms with Gasteiger partial charge in [0.05, 0.1) is 18.8 Å². The lowest BCUT2D eigenvalue weighted by Gasteiger charge is -2.64. The van der Waals surface area contributed by atoms with E-state index in [0.717, 1.165) is 23.8 Å². The second kappa shape index (κ2) is 5.15. The van der Waals surface area contributed by atoms with Crippen molar-refractivity contribution >= 4 is 7.12 Å². The first-order valence-electron chi connectivity index (χ1n) is 8.53. The van der Waals surface area contributed by atoms with Crippen molar-refractivity contribution in [2.45, 2.75) is 45.3 Å². The van der Waals surface area contributed by atoms with Gasteiger partial charge in [0, 0.05) is 0 Å². The van der Waals surface area contributed by atoms with E-state index in [4.69, 9.17) is 18.8 Å². The van der Waals surface area contributed by atoms with E-state index in [-0.39, 0.29) is 18.8 Å². The Balaban J connectivity index is 1.39. The Kier molecular flexibility index (Phi) is 3.43. The van der Waals surface area contributed by atoms with Crippen LogP contribution in [0, 0.1) is 17.3 Å². The fourth-order valence-corrected chi connectivity index (χ4v) is 4.86. The van der Waals surface area contributed by atoms with Gasteiger partial charge in [0.25, 0.3) is 0 Å². The highest BCUT2D eigenvalue weighted by Gasteiger charge is 2.67. The number of hydrogen-bond donors (Lipinski definition) is 0. The largest absolute Gasteiger partial charge is 0.498 e. The molecule has 2 unspecified atom stereocenters. The van der Waals surface area contributed by atoms with Gasteiger partial charge in [-0.2, -0.15) is 0 Å². The summed E-state index contributed by atoms with van der Waals surface area (Å²) < 4.78 is 23.5. The molecule has 1 saturated heterocycles. The average molecular weight is 316 g/mol. The molecule has 0 radical (unpaired) electrons. The molecule has 0 N–H and O–H groups in total. The molecular formula is C18H25BO4. The standard InChI is InChI=1S/C18H25BO4/c1-17(2)12-9-15(17)18(3)16(10-12)22-19(23-18)11-21-14-7-5-13(20-4)6-8-14/h5-8,12,15-16H,9-11H2,1-4H3/t12?,15?,16-,18+/m1/s1. The molecular weight excluding hydrogens is 291 g/mol. The number of ether oxygens (including phenoxy) is 2. The summed E-state index contributed by atoms with van der Waals surface area (Å²) in [6.45, 7) is 7.40. The van der Waals surface area contributed by atoms with Crippen LogP contribution in [0.2, 0.25) is 0 Å². The van der Waals surface area contributed by atoms with Crippen LogP contribution in [-0.2, 0) is 9.31 Å². The Morgan fingerprint density at radius 2 is 1.83 bits per heavy atom. The first-order valence-corrected chi connectivity index (χ1v) is 8.53. The summed E-state index contributed by atoms with van der Waals surface area (Å²) in [5, 5.41) is 0. The van der Waals surface area contributed by atoms with Gasteiger partial charge in [-0.1, -0.05) is 13.8 Å². The highest BCUT2D eigenvalue weighted by atomic mass is 16.7. The van der Waals surface area contributed by atoms with Crippen LogP contribution in [0.1, 0.15) is 33.6 Å². The molecule has 0 aromatic heterocycles. The SMILES string of the molecule is COc1ccc(OCB2O[C@@H]3CC4CC(C4(C)C)[C@]3(C)O2)cc1. The number of benzene rings is 1.